The smallest absolute Gasteiger partial charge is 0.279 e. The number of hydrogen-bond donors (Lipinski definition) is 2. The molecule has 1 heterocycles. The van der Waals surface area contributed by atoms with Gasteiger partial charge in [0, 0.05) is 4.47 Å². The number of halogens is 2. The van der Waals surface area contributed by atoms with Gasteiger partial charge in [-0.25, -0.2) is 9.37 Å². The van der Waals surface area contributed by atoms with E-state index >= 15 is 0 Å². The molecule has 5 nitrogen and oxygen atoms in total. The Morgan fingerprint density at radius 3 is 2.76 bits per heavy atom. The van der Waals surface area contributed by atoms with Gasteiger partial charge in [0.25, 0.3) is 10.0 Å². The minimum Gasteiger partial charge on any atom is -0.334 e. The molecule has 2 aromatic rings. The lowest BCUT2D eigenvalue weighted by molar-refractivity contribution is 0.598. The number of benzene rings is 1. The van der Waals surface area contributed by atoms with Gasteiger partial charge in [-0.15, -0.1) is 0 Å². The molecule has 0 aliphatic heterocycles. The van der Waals surface area contributed by atoms with E-state index in [0.29, 0.717) is 4.47 Å². The van der Waals surface area contributed by atoms with Gasteiger partial charge in [0.15, 0.2) is 5.03 Å². The fourth-order valence-electron chi connectivity index (χ4n) is 1.16. The van der Waals surface area contributed by atoms with Gasteiger partial charge in [-0.05, 0) is 34.1 Å². The summed E-state index contributed by atoms with van der Waals surface area (Å²) < 4.78 is 39.1. The van der Waals surface area contributed by atoms with Crippen LogP contribution in [0.2, 0.25) is 0 Å². The highest BCUT2D eigenvalue weighted by atomic mass is 79.9. The van der Waals surface area contributed by atoms with Crippen molar-refractivity contribution < 1.29 is 12.8 Å². The Hall–Kier alpha value is -1.41. The standard InChI is InChI=1S/C9H7BrFN3O2S/c10-7-3-6(11)1-2-8(7)14-17(15,16)9-4-12-5-13-9/h1-5,14H,(H,12,13). The molecule has 0 bridgehead atoms. The molecule has 0 saturated carbocycles. The van der Waals surface area contributed by atoms with E-state index in [1.54, 1.807) is 0 Å². The molecule has 0 atom stereocenters. The Morgan fingerprint density at radius 1 is 1.41 bits per heavy atom. The van der Waals surface area contributed by atoms with Gasteiger partial charge >= 0.3 is 0 Å². The first-order valence-corrected chi connectivity index (χ1v) is 6.73. The number of imidazole rings is 1. The van der Waals surface area contributed by atoms with E-state index in [0.717, 1.165) is 6.07 Å². The SMILES string of the molecule is O=S(=O)(Nc1ccc(F)cc1Br)c1cnc[nH]1. The van der Waals surface area contributed by atoms with Crippen molar-refractivity contribution in [2.45, 2.75) is 5.03 Å². The van der Waals surface area contributed by atoms with E-state index in [1.165, 1.54) is 24.7 Å². The number of sulfonamides is 1. The largest absolute Gasteiger partial charge is 0.334 e. The summed E-state index contributed by atoms with van der Waals surface area (Å²) in [5.41, 5.74) is 0.251. The molecule has 1 aromatic heterocycles. The molecule has 0 amide bonds. The summed E-state index contributed by atoms with van der Waals surface area (Å²) in [4.78, 5) is 6.10. The van der Waals surface area contributed by atoms with Crippen LogP contribution in [-0.2, 0) is 10.0 Å². The predicted octanol–water partition coefficient (Wildman–Crippen LogP) is 2.11. The number of hydrogen-bond acceptors (Lipinski definition) is 3. The maximum Gasteiger partial charge on any atom is 0.279 e. The van der Waals surface area contributed by atoms with Gasteiger partial charge in [-0.3, -0.25) is 4.72 Å². The van der Waals surface area contributed by atoms with Crippen molar-refractivity contribution in [2.75, 3.05) is 4.72 Å². The third kappa shape index (κ3) is 2.64. The Kier molecular flexibility index (Phi) is 3.16. The van der Waals surface area contributed by atoms with Gasteiger partial charge in [-0.2, -0.15) is 8.42 Å². The van der Waals surface area contributed by atoms with Crippen molar-refractivity contribution in [1.82, 2.24) is 9.97 Å². The minimum atomic E-state index is -3.73. The average Bonchev–Trinajstić information content (AvgIpc) is 2.76. The van der Waals surface area contributed by atoms with Crippen LogP contribution in [0.3, 0.4) is 0 Å². The zero-order chi connectivity index (χ0) is 12.5. The lowest BCUT2D eigenvalue weighted by Gasteiger charge is -2.07. The molecule has 0 fully saturated rings. The van der Waals surface area contributed by atoms with Crippen LogP contribution in [0, 0.1) is 5.82 Å². The first-order chi connectivity index (χ1) is 7.99. The molecule has 0 aliphatic rings. The van der Waals surface area contributed by atoms with Gasteiger partial charge < -0.3 is 4.98 Å². The first-order valence-electron chi connectivity index (χ1n) is 4.45. The number of aromatic nitrogens is 2. The second-order valence-corrected chi connectivity index (χ2v) is 5.65. The average molecular weight is 320 g/mol. The van der Waals surface area contributed by atoms with Gasteiger partial charge in [0.05, 0.1) is 18.2 Å². The molecule has 8 heteroatoms. The normalized spacial score (nSPS) is 11.4. The first kappa shape index (κ1) is 12.1. The second kappa shape index (κ2) is 4.46. The topological polar surface area (TPSA) is 74.8 Å². The fourth-order valence-corrected chi connectivity index (χ4v) is 2.73. The highest BCUT2D eigenvalue weighted by Crippen LogP contribution is 2.25. The van der Waals surface area contributed by atoms with Crippen LogP contribution in [0.15, 0.2) is 40.2 Å². The Morgan fingerprint density at radius 2 is 2.18 bits per heavy atom. The zero-order valence-corrected chi connectivity index (χ0v) is 10.7. The molecule has 0 aliphatic carbocycles. The molecule has 0 radical (unpaired) electrons. The zero-order valence-electron chi connectivity index (χ0n) is 8.31. The van der Waals surface area contributed by atoms with Gasteiger partial charge in [0.1, 0.15) is 5.82 Å². The molecule has 2 N–H and O–H groups in total. The van der Waals surface area contributed by atoms with Crippen molar-refractivity contribution in [3.05, 3.63) is 41.0 Å². The lowest BCUT2D eigenvalue weighted by atomic mass is 10.3. The van der Waals surface area contributed by atoms with Crippen LogP contribution in [0.5, 0.6) is 0 Å². The molecule has 0 unspecified atom stereocenters. The van der Waals surface area contributed by atoms with Gasteiger partial charge in [0.2, 0.25) is 0 Å². The fraction of sp³-hybridized carbons (Fsp3) is 0. The van der Waals surface area contributed by atoms with E-state index in [2.05, 4.69) is 30.6 Å². The van der Waals surface area contributed by atoms with Crippen LogP contribution < -0.4 is 4.72 Å². The maximum absolute atomic E-state index is 12.8. The minimum absolute atomic E-state index is 0.0614. The number of H-pyrrole nitrogens is 1. The van der Waals surface area contributed by atoms with Crippen LogP contribution in [0.1, 0.15) is 0 Å². The van der Waals surface area contributed by atoms with Crippen molar-refractivity contribution >= 4 is 31.6 Å². The van der Waals surface area contributed by atoms with E-state index in [9.17, 15) is 12.8 Å². The molecule has 90 valence electrons. The summed E-state index contributed by atoms with van der Waals surface area (Å²) in [5.74, 6) is -0.457. The molecule has 0 spiro atoms. The second-order valence-electron chi connectivity index (χ2n) is 3.15. The number of rotatable bonds is 3. The summed E-state index contributed by atoms with van der Waals surface area (Å²) in [6.45, 7) is 0. The monoisotopic (exact) mass is 319 g/mol. The van der Waals surface area contributed by atoms with E-state index < -0.39 is 15.8 Å². The quantitative estimate of drug-likeness (QED) is 0.909. The van der Waals surface area contributed by atoms with E-state index in [4.69, 9.17) is 0 Å². The third-order valence-electron chi connectivity index (χ3n) is 1.94. The van der Waals surface area contributed by atoms with Crippen molar-refractivity contribution in [3.63, 3.8) is 0 Å². The third-order valence-corrected chi connectivity index (χ3v) is 3.89. The van der Waals surface area contributed by atoms with Crippen LogP contribution in [0.25, 0.3) is 0 Å². The van der Waals surface area contributed by atoms with E-state index in [1.807, 2.05) is 0 Å². The summed E-state index contributed by atoms with van der Waals surface area (Å²) in [7, 11) is -3.73. The van der Waals surface area contributed by atoms with Crippen molar-refractivity contribution in [1.29, 1.82) is 0 Å². The molecule has 1 aromatic carbocycles. The van der Waals surface area contributed by atoms with Crippen molar-refractivity contribution in [3.8, 4) is 0 Å². The molecule has 2 rings (SSSR count). The molecule has 17 heavy (non-hydrogen) atoms. The predicted molar refractivity (Wildman–Crippen MR) is 63.5 cm³/mol. The Balaban J connectivity index is 2.33. The Bertz CT molecular complexity index is 628. The van der Waals surface area contributed by atoms with Crippen LogP contribution in [0.4, 0.5) is 10.1 Å². The molecule has 0 saturated heterocycles. The molecular weight excluding hydrogens is 313 g/mol. The highest BCUT2D eigenvalue weighted by molar-refractivity contribution is 9.10. The molecular formula is C9H7BrFN3O2S. The van der Waals surface area contributed by atoms with E-state index in [-0.39, 0.29) is 10.7 Å². The summed E-state index contributed by atoms with van der Waals surface area (Å²) in [6, 6.07) is 3.66. The number of nitrogens with one attached hydrogen (secondary N) is 2. The summed E-state index contributed by atoms with van der Waals surface area (Å²) in [6.07, 6.45) is 2.44. The lowest BCUT2D eigenvalue weighted by Crippen LogP contribution is -2.13. The van der Waals surface area contributed by atoms with Crippen LogP contribution >= 0.6 is 15.9 Å². The number of anilines is 1. The van der Waals surface area contributed by atoms with Crippen LogP contribution in [-0.4, -0.2) is 18.4 Å². The highest BCUT2D eigenvalue weighted by Gasteiger charge is 2.16. The van der Waals surface area contributed by atoms with Gasteiger partial charge in [-0.1, -0.05) is 0 Å². The summed E-state index contributed by atoms with van der Waals surface area (Å²) in [5, 5.41) is -0.0614. The number of aromatic amines is 1. The Labute approximate surface area is 105 Å². The number of nitrogens with zero attached hydrogens (tertiary/aromatic N) is 1. The van der Waals surface area contributed by atoms with Crippen molar-refractivity contribution in [2.24, 2.45) is 0 Å². The summed E-state index contributed by atoms with van der Waals surface area (Å²) >= 11 is 3.07. The maximum atomic E-state index is 12.8.